The topological polar surface area (TPSA) is 78.4 Å². The number of nitrogens with zero attached hydrogens (tertiary/aromatic N) is 3. The Morgan fingerprint density at radius 3 is 2.89 bits per heavy atom. The molecule has 2 N–H and O–H groups in total. The van der Waals surface area contributed by atoms with E-state index in [9.17, 15) is 4.79 Å². The second kappa shape index (κ2) is 4.85. The number of amides is 1. The smallest absolute Gasteiger partial charge is 0.407 e. The van der Waals surface area contributed by atoms with Gasteiger partial charge in [-0.05, 0) is 30.9 Å². The number of carboxylic acid groups (broad SMARTS) is 1. The van der Waals surface area contributed by atoms with E-state index in [2.05, 4.69) is 15.5 Å². The summed E-state index contributed by atoms with van der Waals surface area (Å²) in [6.45, 7) is 1.27. The Labute approximate surface area is 115 Å². The normalized spacial score (nSPS) is 29.3. The molecule has 1 amide bonds. The van der Waals surface area contributed by atoms with Gasteiger partial charge in [0.25, 0.3) is 0 Å². The first-order valence-corrected chi connectivity index (χ1v) is 6.75. The summed E-state index contributed by atoms with van der Waals surface area (Å²) in [6.07, 6.45) is 1.29. The fourth-order valence-corrected chi connectivity index (χ4v) is 3.28. The molecule has 2 heterocycles. The van der Waals surface area contributed by atoms with E-state index in [1.807, 2.05) is 0 Å². The Bertz CT molecular complexity index is 481. The Morgan fingerprint density at radius 1 is 1.37 bits per heavy atom. The number of nitrogens with one attached hydrogen (secondary N) is 1. The van der Waals surface area contributed by atoms with Crippen LogP contribution in [0.4, 0.5) is 10.6 Å². The first kappa shape index (κ1) is 12.5. The predicted octanol–water partition coefficient (Wildman–Crippen LogP) is 1.93. The maximum absolute atomic E-state index is 11.0. The molecule has 0 spiro atoms. The van der Waals surface area contributed by atoms with Crippen LogP contribution in [0.15, 0.2) is 12.1 Å². The zero-order valence-electron chi connectivity index (χ0n) is 10.3. The van der Waals surface area contributed by atoms with E-state index in [-0.39, 0.29) is 6.04 Å². The molecule has 19 heavy (non-hydrogen) atoms. The Morgan fingerprint density at radius 2 is 2.21 bits per heavy atom. The maximum atomic E-state index is 11.0. The van der Waals surface area contributed by atoms with Crippen molar-refractivity contribution in [1.82, 2.24) is 15.1 Å². The van der Waals surface area contributed by atoms with Gasteiger partial charge in [0.05, 0.1) is 0 Å². The number of likely N-dealkylation sites (tertiary alicyclic amines) is 1. The van der Waals surface area contributed by atoms with Gasteiger partial charge in [-0.2, -0.15) is 0 Å². The summed E-state index contributed by atoms with van der Waals surface area (Å²) in [5.74, 6) is 1.53. The summed E-state index contributed by atoms with van der Waals surface area (Å²) in [5.41, 5.74) is 0. The monoisotopic (exact) mass is 282 g/mol. The van der Waals surface area contributed by atoms with Gasteiger partial charge in [-0.3, -0.25) is 0 Å². The molecular weight excluding hydrogens is 268 g/mol. The van der Waals surface area contributed by atoms with Gasteiger partial charge in [0.1, 0.15) is 5.82 Å². The number of anilines is 1. The third kappa shape index (κ3) is 2.45. The van der Waals surface area contributed by atoms with Crippen LogP contribution in [0.25, 0.3) is 0 Å². The van der Waals surface area contributed by atoms with Gasteiger partial charge in [-0.25, -0.2) is 4.79 Å². The molecule has 1 saturated carbocycles. The molecule has 1 aromatic rings. The minimum atomic E-state index is -0.820. The molecule has 3 atom stereocenters. The number of halogens is 1. The van der Waals surface area contributed by atoms with Crippen molar-refractivity contribution in [3.8, 4) is 0 Å². The van der Waals surface area contributed by atoms with Crippen LogP contribution < -0.4 is 5.32 Å². The van der Waals surface area contributed by atoms with Crippen LogP contribution in [-0.4, -0.2) is 45.4 Å². The summed E-state index contributed by atoms with van der Waals surface area (Å²) in [5, 5.41) is 20.5. The van der Waals surface area contributed by atoms with Crippen LogP contribution in [0.5, 0.6) is 0 Å². The third-order valence-electron chi connectivity index (χ3n) is 4.09. The zero-order valence-corrected chi connectivity index (χ0v) is 11.0. The number of carbonyl (C=O) groups is 1. The third-order valence-corrected chi connectivity index (χ3v) is 4.29. The summed E-state index contributed by atoms with van der Waals surface area (Å²) in [4.78, 5) is 12.5. The van der Waals surface area contributed by atoms with Crippen molar-refractivity contribution in [2.75, 3.05) is 18.4 Å². The lowest BCUT2D eigenvalue weighted by Gasteiger charge is -2.20. The summed E-state index contributed by atoms with van der Waals surface area (Å²) >= 11 is 5.70. The first-order valence-electron chi connectivity index (χ1n) is 6.37. The molecule has 3 rings (SSSR count). The average molecular weight is 283 g/mol. The molecule has 2 aliphatic rings. The second-order valence-corrected chi connectivity index (χ2v) is 5.57. The molecule has 3 unspecified atom stereocenters. The van der Waals surface area contributed by atoms with Crippen molar-refractivity contribution in [2.24, 2.45) is 11.8 Å². The predicted molar refractivity (Wildman–Crippen MR) is 70.3 cm³/mol. The number of aromatic nitrogens is 2. The summed E-state index contributed by atoms with van der Waals surface area (Å²) in [6, 6.07) is 3.76. The number of fused-ring (bicyclic) bond motifs is 1. The van der Waals surface area contributed by atoms with Crippen molar-refractivity contribution < 1.29 is 9.90 Å². The lowest BCUT2D eigenvalue weighted by molar-refractivity contribution is 0.152. The van der Waals surface area contributed by atoms with Gasteiger partial charge < -0.3 is 15.3 Å². The lowest BCUT2D eigenvalue weighted by Crippen LogP contribution is -2.32. The largest absolute Gasteiger partial charge is 0.465 e. The van der Waals surface area contributed by atoms with Crippen LogP contribution in [0.2, 0.25) is 5.15 Å². The molecule has 1 aliphatic carbocycles. The van der Waals surface area contributed by atoms with Gasteiger partial charge in [-0.1, -0.05) is 11.6 Å². The van der Waals surface area contributed by atoms with Gasteiger partial charge in [0.15, 0.2) is 5.15 Å². The Kier molecular flexibility index (Phi) is 3.18. The summed E-state index contributed by atoms with van der Waals surface area (Å²) < 4.78 is 0. The Balaban J connectivity index is 1.66. The van der Waals surface area contributed by atoms with E-state index in [4.69, 9.17) is 16.7 Å². The van der Waals surface area contributed by atoms with Crippen molar-refractivity contribution in [3.63, 3.8) is 0 Å². The maximum Gasteiger partial charge on any atom is 0.407 e. The molecule has 2 fully saturated rings. The van der Waals surface area contributed by atoms with Crippen molar-refractivity contribution >= 4 is 23.5 Å². The quantitative estimate of drug-likeness (QED) is 0.866. The highest BCUT2D eigenvalue weighted by Crippen LogP contribution is 2.39. The minimum absolute atomic E-state index is 0.268. The highest BCUT2D eigenvalue weighted by Gasteiger charge is 2.44. The van der Waals surface area contributed by atoms with E-state index in [1.165, 1.54) is 4.90 Å². The average Bonchev–Trinajstić information content (AvgIpc) is 2.94. The lowest BCUT2D eigenvalue weighted by atomic mass is 9.98. The second-order valence-electron chi connectivity index (χ2n) is 5.18. The van der Waals surface area contributed by atoms with Gasteiger partial charge in [-0.15, -0.1) is 10.2 Å². The summed E-state index contributed by atoms with van der Waals surface area (Å²) in [7, 11) is 0. The van der Waals surface area contributed by atoms with Crippen molar-refractivity contribution in [1.29, 1.82) is 0 Å². The van der Waals surface area contributed by atoms with Crippen LogP contribution >= 0.6 is 11.6 Å². The molecule has 6 nitrogen and oxygen atoms in total. The molecular formula is C12H15ClN4O2. The molecule has 1 aliphatic heterocycles. The number of hydrogen-bond acceptors (Lipinski definition) is 4. The minimum Gasteiger partial charge on any atom is -0.465 e. The number of hydrogen-bond donors (Lipinski definition) is 2. The first-order chi connectivity index (χ1) is 9.13. The highest BCUT2D eigenvalue weighted by atomic mass is 35.5. The van der Waals surface area contributed by atoms with E-state index in [1.54, 1.807) is 12.1 Å². The van der Waals surface area contributed by atoms with Crippen LogP contribution in [-0.2, 0) is 0 Å². The van der Waals surface area contributed by atoms with Crippen LogP contribution in [0.3, 0.4) is 0 Å². The van der Waals surface area contributed by atoms with Crippen molar-refractivity contribution in [2.45, 2.75) is 18.9 Å². The van der Waals surface area contributed by atoms with E-state index < -0.39 is 6.09 Å². The zero-order chi connectivity index (χ0) is 13.4. The molecule has 1 aromatic heterocycles. The van der Waals surface area contributed by atoms with Gasteiger partial charge in [0.2, 0.25) is 0 Å². The van der Waals surface area contributed by atoms with E-state index in [0.717, 1.165) is 12.8 Å². The molecule has 1 saturated heterocycles. The molecule has 0 radical (unpaired) electrons. The molecule has 0 aromatic carbocycles. The molecule has 0 bridgehead atoms. The standard InChI is InChI=1S/C12H15ClN4O2/c13-10-3-4-11(16-15-10)14-9-2-1-7-5-17(12(18)19)6-8(7)9/h3-4,7-9H,1-2,5-6H2,(H,14,16)(H,18,19). The SMILES string of the molecule is O=C(O)N1CC2CCC(Nc3ccc(Cl)nn3)C2C1. The number of rotatable bonds is 2. The van der Waals surface area contributed by atoms with E-state index >= 15 is 0 Å². The van der Waals surface area contributed by atoms with Crippen LogP contribution in [0, 0.1) is 11.8 Å². The van der Waals surface area contributed by atoms with Crippen LogP contribution in [0.1, 0.15) is 12.8 Å². The van der Waals surface area contributed by atoms with Crippen molar-refractivity contribution in [3.05, 3.63) is 17.3 Å². The van der Waals surface area contributed by atoms with E-state index in [0.29, 0.717) is 35.9 Å². The van der Waals surface area contributed by atoms with Gasteiger partial charge >= 0.3 is 6.09 Å². The fraction of sp³-hybridized carbons (Fsp3) is 0.583. The highest BCUT2D eigenvalue weighted by molar-refractivity contribution is 6.29. The fourth-order valence-electron chi connectivity index (χ4n) is 3.18. The van der Waals surface area contributed by atoms with Gasteiger partial charge in [0, 0.05) is 25.0 Å². The molecule has 102 valence electrons. The molecule has 7 heteroatoms. The Hall–Kier alpha value is -1.56.